The second-order valence-electron chi connectivity index (χ2n) is 7.79. The molecule has 1 N–H and O–H groups in total. The SMILES string of the molecule is CC(C)c1ccc(NC(=O)C2(C(=O)N(C)C3CCS(=O)(=O)C3)CC2)cc1. The lowest BCUT2D eigenvalue weighted by Crippen LogP contribution is -2.46. The number of rotatable bonds is 5. The summed E-state index contributed by atoms with van der Waals surface area (Å²) in [6.45, 7) is 4.20. The number of carbonyl (C=O) groups excluding carboxylic acids is 2. The van der Waals surface area contributed by atoms with Crippen LogP contribution in [-0.4, -0.2) is 49.7 Å². The minimum Gasteiger partial charge on any atom is -0.341 e. The van der Waals surface area contributed by atoms with Gasteiger partial charge in [0.15, 0.2) is 9.84 Å². The first kappa shape index (κ1) is 18.9. The summed E-state index contributed by atoms with van der Waals surface area (Å²) in [4.78, 5) is 27.1. The summed E-state index contributed by atoms with van der Waals surface area (Å²) < 4.78 is 23.3. The Kier molecular flexibility index (Phi) is 4.86. The smallest absolute Gasteiger partial charge is 0.240 e. The van der Waals surface area contributed by atoms with Crippen LogP contribution in [0.5, 0.6) is 0 Å². The monoisotopic (exact) mass is 378 g/mol. The van der Waals surface area contributed by atoms with Crippen molar-refractivity contribution in [2.75, 3.05) is 23.9 Å². The zero-order valence-corrected chi connectivity index (χ0v) is 16.3. The zero-order chi connectivity index (χ0) is 19.1. The highest BCUT2D eigenvalue weighted by atomic mass is 32.2. The number of carbonyl (C=O) groups is 2. The van der Waals surface area contributed by atoms with E-state index in [0.717, 1.165) is 0 Å². The Morgan fingerprint density at radius 1 is 1.19 bits per heavy atom. The van der Waals surface area contributed by atoms with Crippen molar-refractivity contribution < 1.29 is 18.0 Å². The van der Waals surface area contributed by atoms with Crippen molar-refractivity contribution in [3.8, 4) is 0 Å². The molecule has 1 heterocycles. The first-order valence-electron chi connectivity index (χ1n) is 9.04. The van der Waals surface area contributed by atoms with Crippen LogP contribution >= 0.6 is 0 Å². The molecule has 1 aromatic carbocycles. The number of hydrogen-bond acceptors (Lipinski definition) is 4. The summed E-state index contributed by atoms with van der Waals surface area (Å²) in [5, 5.41) is 2.85. The number of nitrogens with one attached hydrogen (secondary N) is 1. The molecule has 1 saturated carbocycles. The van der Waals surface area contributed by atoms with Crippen LogP contribution in [0.4, 0.5) is 5.69 Å². The highest BCUT2D eigenvalue weighted by Crippen LogP contribution is 2.48. The fourth-order valence-corrected chi connectivity index (χ4v) is 5.22. The summed E-state index contributed by atoms with van der Waals surface area (Å²) in [5.74, 6) is -0.0591. The van der Waals surface area contributed by atoms with Gasteiger partial charge >= 0.3 is 0 Å². The van der Waals surface area contributed by atoms with E-state index in [2.05, 4.69) is 19.2 Å². The number of anilines is 1. The third-order valence-corrected chi connectivity index (χ3v) is 7.26. The van der Waals surface area contributed by atoms with Gasteiger partial charge in [-0.05, 0) is 42.9 Å². The van der Waals surface area contributed by atoms with E-state index in [1.165, 1.54) is 10.5 Å². The standard InChI is InChI=1S/C19H26N2O4S/c1-13(2)14-4-6-15(7-5-14)20-17(22)19(9-10-19)18(23)21(3)16-8-11-26(24,25)12-16/h4-7,13,16H,8-12H2,1-3H3,(H,20,22). The normalized spacial score (nSPS) is 22.8. The maximum absolute atomic E-state index is 12.9. The average molecular weight is 378 g/mol. The first-order chi connectivity index (χ1) is 12.1. The lowest BCUT2D eigenvalue weighted by molar-refractivity contribution is -0.142. The molecule has 26 heavy (non-hydrogen) atoms. The first-order valence-corrected chi connectivity index (χ1v) is 10.9. The summed E-state index contributed by atoms with van der Waals surface area (Å²) >= 11 is 0. The summed E-state index contributed by atoms with van der Waals surface area (Å²) in [7, 11) is -1.46. The molecule has 0 radical (unpaired) electrons. The van der Waals surface area contributed by atoms with Crippen molar-refractivity contribution in [2.24, 2.45) is 5.41 Å². The van der Waals surface area contributed by atoms with Gasteiger partial charge in [0.1, 0.15) is 5.41 Å². The molecule has 1 aliphatic carbocycles. The molecular weight excluding hydrogens is 352 g/mol. The summed E-state index contributed by atoms with van der Waals surface area (Å²) in [5.41, 5.74) is 0.810. The predicted molar refractivity (Wildman–Crippen MR) is 101 cm³/mol. The minimum absolute atomic E-state index is 0.0103. The Bertz CT molecular complexity index is 810. The van der Waals surface area contributed by atoms with Gasteiger partial charge in [-0.15, -0.1) is 0 Å². The molecular formula is C19H26N2O4S. The molecule has 2 fully saturated rings. The van der Waals surface area contributed by atoms with E-state index in [1.54, 1.807) is 7.05 Å². The Labute approximate surface area is 154 Å². The Balaban J connectivity index is 1.67. The van der Waals surface area contributed by atoms with E-state index in [0.29, 0.717) is 30.9 Å². The molecule has 1 saturated heterocycles. The van der Waals surface area contributed by atoms with E-state index in [4.69, 9.17) is 0 Å². The molecule has 0 spiro atoms. The number of sulfone groups is 1. The van der Waals surface area contributed by atoms with Crippen LogP contribution in [0, 0.1) is 5.41 Å². The van der Waals surface area contributed by atoms with Crippen molar-refractivity contribution in [1.82, 2.24) is 4.90 Å². The molecule has 1 unspecified atom stereocenters. The summed E-state index contributed by atoms with van der Waals surface area (Å²) in [6.07, 6.45) is 1.45. The van der Waals surface area contributed by atoms with Crippen LogP contribution in [0.25, 0.3) is 0 Å². The quantitative estimate of drug-likeness (QED) is 0.796. The largest absolute Gasteiger partial charge is 0.341 e. The maximum atomic E-state index is 12.9. The molecule has 2 amide bonds. The second-order valence-corrected chi connectivity index (χ2v) is 10.0. The van der Waals surface area contributed by atoms with Crippen LogP contribution in [0.1, 0.15) is 44.6 Å². The van der Waals surface area contributed by atoms with Gasteiger partial charge in [-0.25, -0.2) is 8.42 Å². The number of nitrogens with zero attached hydrogens (tertiary/aromatic N) is 1. The van der Waals surface area contributed by atoms with E-state index in [9.17, 15) is 18.0 Å². The number of benzene rings is 1. The average Bonchev–Trinajstić information content (AvgIpc) is 3.32. The summed E-state index contributed by atoms with van der Waals surface area (Å²) in [6, 6.07) is 7.30. The van der Waals surface area contributed by atoms with Crippen molar-refractivity contribution >= 4 is 27.3 Å². The Morgan fingerprint density at radius 3 is 2.27 bits per heavy atom. The Hall–Kier alpha value is -1.89. The molecule has 142 valence electrons. The van der Waals surface area contributed by atoms with Gasteiger partial charge < -0.3 is 10.2 Å². The van der Waals surface area contributed by atoms with Gasteiger partial charge in [-0.1, -0.05) is 26.0 Å². The topological polar surface area (TPSA) is 83.6 Å². The fraction of sp³-hybridized carbons (Fsp3) is 0.579. The second kappa shape index (κ2) is 6.68. The van der Waals surface area contributed by atoms with Gasteiger partial charge in [0, 0.05) is 18.8 Å². The highest BCUT2D eigenvalue weighted by molar-refractivity contribution is 7.91. The lowest BCUT2D eigenvalue weighted by atomic mass is 10.0. The molecule has 1 aromatic rings. The van der Waals surface area contributed by atoms with Crippen LogP contribution in [0.2, 0.25) is 0 Å². The number of hydrogen-bond donors (Lipinski definition) is 1. The third kappa shape index (κ3) is 3.63. The van der Waals surface area contributed by atoms with Crippen LogP contribution in [-0.2, 0) is 19.4 Å². The Morgan fingerprint density at radius 2 is 1.81 bits per heavy atom. The molecule has 1 aliphatic heterocycles. The third-order valence-electron chi connectivity index (χ3n) is 5.51. The molecule has 2 aliphatic rings. The van der Waals surface area contributed by atoms with E-state index in [-0.39, 0.29) is 29.4 Å². The predicted octanol–water partition coefficient (Wildman–Crippen LogP) is 2.17. The molecule has 0 bridgehead atoms. The van der Waals surface area contributed by atoms with Crippen molar-refractivity contribution in [2.45, 2.75) is 45.1 Å². The number of amides is 2. The lowest BCUT2D eigenvalue weighted by Gasteiger charge is -2.27. The van der Waals surface area contributed by atoms with Gasteiger partial charge in [0.2, 0.25) is 11.8 Å². The van der Waals surface area contributed by atoms with Gasteiger partial charge in [0.05, 0.1) is 11.5 Å². The fourth-order valence-electron chi connectivity index (χ4n) is 3.45. The highest BCUT2D eigenvalue weighted by Gasteiger charge is 2.58. The molecule has 6 nitrogen and oxygen atoms in total. The maximum Gasteiger partial charge on any atom is 0.240 e. The van der Waals surface area contributed by atoms with Crippen molar-refractivity contribution in [1.29, 1.82) is 0 Å². The molecule has 7 heteroatoms. The van der Waals surface area contributed by atoms with E-state index >= 15 is 0 Å². The van der Waals surface area contributed by atoms with Crippen LogP contribution < -0.4 is 5.32 Å². The van der Waals surface area contributed by atoms with Gasteiger partial charge in [-0.2, -0.15) is 0 Å². The minimum atomic E-state index is -3.07. The van der Waals surface area contributed by atoms with Crippen molar-refractivity contribution in [3.05, 3.63) is 29.8 Å². The molecule has 3 rings (SSSR count). The van der Waals surface area contributed by atoms with Crippen LogP contribution in [0.15, 0.2) is 24.3 Å². The zero-order valence-electron chi connectivity index (χ0n) is 15.5. The molecule has 1 atom stereocenters. The van der Waals surface area contributed by atoms with E-state index in [1.807, 2.05) is 24.3 Å². The van der Waals surface area contributed by atoms with Crippen molar-refractivity contribution in [3.63, 3.8) is 0 Å². The van der Waals surface area contributed by atoms with Crippen LogP contribution in [0.3, 0.4) is 0 Å². The molecule has 0 aromatic heterocycles. The van der Waals surface area contributed by atoms with Gasteiger partial charge in [0.25, 0.3) is 0 Å². The van der Waals surface area contributed by atoms with Gasteiger partial charge in [-0.3, -0.25) is 9.59 Å². The van der Waals surface area contributed by atoms with E-state index < -0.39 is 15.3 Å².